The van der Waals surface area contributed by atoms with Gasteiger partial charge in [0.25, 0.3) is 5.91 Å². The van der Waals surface area contributed by atoms with E-state index in [4.69, 9.17) is 21.4 Å². The quantitative estimate of drug-likeness (QED) is 0.395. The zero-order chi connectivity index (χ0) is 17.5. The fourth-order valence-corrected chi connectivity index (χ4v) is 2.51. The van der Waals surface area contributed by atoms with Crippen molar-refractivity contribution in [1.29, 1.82) is 0 Å². The molecule has 0 fully saturated rings. The van der Waals surface area contributed by atoms with E-state index in [1.807, 2.05) is 22.6 Å². The Morgan fingerprint density at radius 3 is 2.58 bits per heavy atom. The first-order valence-electron chi connectivity index (χ1n) is 6.69. The number of carboxylic acid groups (broad SMARTS) is 1. The summed E-state index contributed by atoms with van der Waals surface area (Å²) in [6.45, 7) is -0.402. The van der Waals surface area contributed by atoms with Crippen LogP contribution in [0.5, 0.6) is 5.75 Å². The van der Waals surface area contributed by atoms with E-state index in [1.165, 1.54) is 6.21 Å². The van der Waals surface area contributed by atoms with Crippen LogP contribution in [0.1, 0.15) is 15.9 Å². The molecule has 0 spiro atoms. The van der Waals surface area contributed by atoms with Crippen molar-refractivity contribution in [2.24, 2.45) is 5.10 Å². The molecule has 2 rings (SSSR count). The minimum atomic E-state index is -1.04. The molecule has 2 aromatic rings. The third kappa shape index (κ3) is 5.50. The highest BCUT2D eigenvalue weighted by molar-refractivity contribution is 14.1. The fourth-order valence-electron chi connectivity index (χ4n) is 1.69. The van der Waals surface area contributed by atoms with E-state index in [2.05, 4.69) is 10.5 Å². The molecule has 0 aliphatic carbocycles. The molecule has 0 aromatic heterocycles. The summed E-state index contributed by atoms with van der Waals surface area (Å²) in [4.78, 5) is 22.4. The van der Waals surface area contributed by atoms with Crippen LogP contribution in [-0.4, -0.2) is 29.8 Å². The van der Waals surface area contributed by atoms with Gasteiger partial charge in [-0.25, -0.2) is 10.2 Å². The molecule has 0 radical (unpaired) electrons. The Kier molecular flexibility index (Phi) is 6.56. The minimum absolute atomic E-state index is 0.348. The second-order valence-electron chi connectivity index (χ2n) is 4.58. The van der Waals surface area contributed by atoms with Gasteiger partial charge in [0.15, 0.2) is 6.61 Å². The number of aliphatic carboxylic acids is 1. The first kappa shape index (κ1) is 18.2. The molecule has 1 amide bonds. The van der Waals surface area contributed by atoms with Gasteiger partial charge in [0.1, 0.15) is 5.75 Å². The van der Waals surface area contributed by atoms with E-state index in [0.29, 0.717) is 16.3 Å². The van der Waals surface area contributed by atoms with Crippen molar-refractivity contribution < 1.29 is 19.4 Å². The number of carboxylic acids is 1. The molecule has 124 valence electrons. The number of hydrogen-bond acceptors (Lipinski definition) is 4. The largest absolute Gasteiger partial charge is 0.481 e. The second kappa shape index (κ2) is 8.65. The van der Waals surface area contributed by atoms with Gasteiger partial charge in [0.05, 0.1) is 9.78 Å². The molecule has 0 saturated heterocycles. The number of nitrogens with zero attached hydrogens (tertiary/aromatic N) is 1. The van der Waals surface area contributed by atoms with Crippen molar-refractivity contribution in [2.45, 2.75) is 0 Å². The van der Waals surface area contributed by atoms with Crippen LogP contribution < -0.4 is 10.2 Å². The van der Waals surface area contributed by atoms with Crippen LogP contribution in [0.25, 0.3) is 0 Å². The van der Waals surface area contributed by atoms with E-state index in [0.717, 1.165) is 9.13 Å². The Balaban J connectivity index is 1.96. The van der Waals surface area contributed by atoms with Crippen molar-refractivity contribution in [1.82, 2.24) is 5.43 Å². The Morgan fingerprint density at radius 2 is 1.96 bits per heavy atom. The average molecular weight is 459 g/mol. The summed E-state index contributed by atoms with van der Waals surface area (Å²) in [6, 6.07) is 11.6. The number of benzene rings is 2. The number of halogens is 2. The van der Waals surface area contributed by atoms with E-state index >= 15 is 0 Å². The molecule has 0 saturated carbocycles. The summed E-state index contributed by atoms with van der Waals surface area (Å²) < 4.78 is 5.87. The standard InChI is InChI=1S/C16H12ClIN2O4/c17-12-4-2-11(3-5-12)16(23)20-19-8-10-1-6-14(13(18)7-10)24-9-15(21)22/h1-8H,9H2,(H,20,23)(H,21,22)/b19-8-. The molecule has 0 atom stereocenters. The summed E-state index contributed by atoms with van der Waals surface area (Å²) in [5.41, 5.74) is 3.60. The monoisotopic (exact) mass is 458 g/mol. The van der Waals surface area contributed by atoms with E-state index in [-0.39, 0.29) is 5.91 Å². The second-order valence-corrected chi connectivity index (χ2v) is 6.18. The van der Waals surface area contributed by atoms with Gasteiger partial charge in [-0.1, -0.05) is 11.6 Å². The van der Waals surface area contributed by atoms with Gasteiger partial charge < -0.3 is 9.84 Å². The van der Waals surface area contributed by atoms with Gasteiger partial charge in [-0.2, -0.15) is 5.10 Å². The van der Waals surface area contributed by atoms with Crippen molar-refractivity contribution in [3.63, 3.8) is 0 Å². The average Bonchev–Trinajstić information content (AvgIpc) is 2.54. The topological polar surface area (TPSA) is 88.0 Å². The third-order valence-corrected chi connectivity index (χ3v) is 3.89. The Morgan fingerprint density at radius 1 is 1.25 bits per heavy atom. The number of ether oxygens (including phenoxy) is 1. The van der Waals surface area contributed by atoms with Crippen LogP contribution in [0.2, 0.25) is 5.02 Å². The summed E-state index contributed by atoms with van der Waals surface area (Å²) >= 11 is 7.79. The maximum Gasteiger partial charge on any atom is 0.341 e. The van der Waals surface area contributed by atoms with Crippen molar-refractivity contribution in [3.05, 3.63) is 62.2 Å². The molecule has 2 aromatic carbocycles. The Hall–Kier alpha value is -2.13. The molecule has 0 bridgehead atoms. The highest BCUT2D eigenvalue weighted by Gasteiger charge is 2.05. The lowest BCUT2D eigenvalue weighted by Crippen LogP contribution is -2.17. The molecule has 0 heterocycles. The summed E-state index contributed by atoms with van der Waals surface area (Å²) in [5.74, 6) is -0.916. The maximum atomic E-state index is 11.9. The zero-order valence-corrected chi connectivity index (χ0v) is 15.1. The van der Waals surface area contributed by atoms with Gasteiger partial charge in [0, 0.05) is 10.6 Å². The Bertz CT molecular complexity index is 778. The van der Waals surface area contributed by atoms with Gasteiger partial charge in [-0.3, -0.25) is 4.79 Å². The fraction of sp³-hybridized carbons (Fsp3) is 0.0625. The Labute approximate surface area is 156 Å². The van der Waals surface area contributed by atoms with Crippen LogP contribution in [0, 0.1) is 3.57 Å². The number of hydrazone groups is 1. The smallest absolute Gasteiger partial charge is 0.341 e. The highest BCUT2D eigenvalue weighted by atomic mass is 127. The molecule has 0 aliphatic heterocycles. The molecule has 8 heteroatoms. The van der Waals surface area contributed by atoms with Crippen LogP contribution in [-0.2, 0) is 4.79 Å². The number of nitrogens with one attached hydrogen (secondary N) is 1. The number of amides is 1. The summed E-state index contributed by atoms with van der Waals surface area (Å²) in [5, 5.41) is 13.0. The first-order valence-corrected chi connectivity index (χ1v) is 8.14. The van der Waals surface area contributed by atoms with E-state index < -0.39 is 12.6 Å². The minimum Gasteiger partial charge on any atom is -0.481 e. The molecule has 24 heavy (non-hydrogen) atoms. The molecular weight excluding hydrogens is 447 g/mol. The van der Waals surface area contributed by atoms with Gasteiger partial charge >= 0.3 is 5.97 Å². The SMILES string of the molecule is O=C(O)COc1ccc(/C=N\NC(=O)c2ccc(Cl)cc2)cc1I. The number of carbonyl (C=O) groups is 2. The number of hydrogen-bond donors (Lipinski definition) is 2. The van der Waals surface area contributed by atoms with Crippen molar-refractivity contribution >= 4 is 52.3 Å². The lowest BCUT2D eigenvalue weighted by atomic mass is 10.2. The van der Waals surface area contributed by atoms with Crippen LogP contribution in [0.4, 0.5) is 0 Å². The molecule has 2 N–H and O–H groups in total. The van der Waals surface area contributed by atoms with Crippen LogP contribution >= 0.6 is 34.2 Å². The maximum absolute atomic E-state index is 11.9. The highest BCUT2D eigenvalue weighted by Crippen LogP contribution is 2.21. The predicted octanol–water partition coefficient (Wildman–Crippen LogP) is 3.17. The lowest BCUT2D eigenvalue weighted by molar-refractivity contribution is -0.139. The lowest BCUT2D eigenvalue weighted by Gasteiger charge is -2.06. The van der Waals surface area contributed by atoms with E-state index in [9.17, 15) is 9.59 Å². The zero-order valence-electron chi connectivity index (χ0n) is 12.2. The van der Waals surface area contributed by atoms with Crippen molar-refractivity contribution in [3.8, 4) is 5.75 Å². The summed E-state index contributed by atoms with van der Waals surface area (Å²) in [7, 11) is 0. The molecular formula is C16H12ClIN2O4. The first-order chi connectivity index (χ1) is 11.5. The van der Waals surface area contributed by atoms with Gasteiger partial charge in [-0.05, 0) is 70.6 Å². The van der Waals surface area contributed by atoms with Gasteiger partial charge in [-0.15, -0.1) is 0 Å². The van der Waals surface area contributed by atoms with E-state index in [1.54, 1.807) is 42.5 Å². The summed E-state index contributed by atoms with van der Waals surface area (Å²) in [6.07, 6.45) is 1.48. The predicted molar refractivity (Wildman–Crippen MR) is 98.8 cm³/mol. The van der Waals surface area contributed by atoms with Gasteiger partial charge in [0.2, 0.25) is 0 Å². The van der Waals surface area contributed by atoms with Crippen LogP contribution in [0.15, 0.2) is 47.6 Å². The number of carbonyl (C=O) groups excluding carboxylic acids is 1. The normalized spacial score (nSPS) is 10.6. The number of rotatable bonds is 6. The van der Waals surface area contributed by atoms with Crippen molar-refractivity contribution in [2.75, 3.05) is 6.61 Å². The molecule has 6 nitrogen and oxygen atoms in total. The third-order valence-electron chi connectivity index (χ3n) is 2.79. The van der Waals surface area contributed by atoms with Crippen LogP contribution in [0.3, 0.4) is 0 Å². The molecule has 0 aliphatic rings. The molecule has 0 unspecified atom stereocenters.